The van der Waals surface area contributed by atoms with Crippen molar-refractivity contribution in [3.63, 3.8) is 0 Å². The van der Waals surface area contributed by atoms with E-state index in [1.807, 2.05) is 0 Å². The molecule has 0 aliphatic heterocycles. The summed E-state index contributed by atoms with van der Waals surface area (Å²) in [6, 6.07) is 0. The van der Waals surface area contributed by atoms with Crippen LogP contribution in [-0.2, 0) is 26.1 Å². The summed E-state index contributed by atoms with van der Waals surface area (Å²) >= 11 is 0. The molecule has 8 heteroatoms. The molecule has 0 spiro atoms. The predicted octanol–water partition coefficient (Wildman–Crippen LogP) is -0.671. The summed E-state index contributed by atoms with van der Waals surface area (Å²) in [4.78, 5) is 14.7. The van der Waals surface area contributed by atoms with Crippen LogP contribution < -0.4 is 0 Å². The van der Waals surface area contributed by atoms with Crippen molar-refractivity contribution >= 4 is 26.7 Å². The van der Waals surface area contributed by atoms with E-state index in [0.29, 0.717) is 0 Å². The van der Waals surface area contributed by atoms with Gasteiger partial charge in [0.25, 0.3) is 0 Å². The molecule has 0 amide bonds. The summed E-state index contributed by atoms with van der Waals surface area (Å²) in [5, 5.41) is 0. The van der Waals surface area contributed by atoms with Crippen molar-refractivity contribution in [3.05, 3.63) is 0 Å². The second-order valence-corrected chi connectivity index (χ2v) is 1.68. The monoisotopic (exact) mass is 183 g/mol. The third kappa shape index (κ3) is 15.7. The first-order valence-electron chi connectivity index (χ1n) is 0.919. The SMILES string of the molecule is O=P(O)(O)OF.[Co].[LiH]. The van der Waals surface area contributed by atoms with Crippen LogP contribution in [0.25, 0.3) is 0 Å². The molecule has 2 N–H and O–H groups in total. The van der Waals surface area contributed by atoms with E-state index in [-0.39, 0.29) is 35.6 Å². The average molecular weight is 183 g/mol. The van der Waals surface area contributed by atoms with Crippen molar-refractivity contribution in [2.45, 2.75) is 0 Å². The van der Waals surface area contributed by atoms with E-state index in [0.717, 1.165) is 0 Å². The van der Waals surface area contributed by atoms with Crippen molar-refractivity contribution in [2.24, 2.45) is 0 Å². The molecule has 0 aromatic rings. The second kappa shape index (κ2) is 6.27. The van der Waals surface area contributed by atoms with Gasteiger partial charge in [-0.15, -0.1) is 0 Å². The van der Waals surface area contributed by atoms with Gasteiger partial charge < -0.3 is 9.79 Å². The molecule has 0 fully saturated rings. The Bertz CT molecular complexity index is 80.1. The number of rotatable bonds is 1. The molecular weight excluding hydrogens is 180 g/mol. The summed E-state index contributed by atoms with van der Waals surface area (Å²) < 4.78 is 21.4. The van der Waals surface area contributed by atoms with Gasteiger partial charge in [-0.05, 0) is 4.53 Å². The summed E-state index contributed by atoms with van der Waals surface area (Å²) in [5.41, 5.74) is 0. The summed E-state index contributed by atoms with van der Waals surface area (Å²) in [6.07, 6.45) is 0. The molecule has 8 heavy (non-hydrogen) atoms. The van der Waals surface area contributed by atoms with Crippen LogP contribution in [0, 0.1) is 0 Å². The molecule has 0 heterocycles. The van der Waals surface area contributed by atoms with Gasteiger partial charge in [-0.3, -0.25) is 0 Å². The Balaban J connectivity index is -0.000000125. The van der Waals surface area contributed by atoms with E-state index in [4.69, 9.17) is 14.4 Å². The van der Waals surface area contributed by atoms with Crippen molar-refractivity contribution in [2.75, 3.05) is 0 Å². The van der Waals surface area contributed by atoms with Gasteiger partial charge in [0.2, 0.25) is 0 Å². The molecule has 4 nitrogen and oxygen atoms in total. The molecule has 0 bridgehead atoms. The number of hydrogen-bond acceptors (Lipinski definition) is 2. The maximum atomic E-state index is 10.2. The topological polar surface area (TPSA) is 66.8 Å². The van der Waals surface area contributed by atoms with Crippen LogP contribution in [0.15, 0.2) is 0 Å². The summed E-state index contributed by atoms with van der Waals surface area (Å²) in [6.45, 7) is 0. The van der Waals surface area contributed by atoms with Gasteiger partial charge in [0.1, 0.15) is 0 Å². The zero-order valence-corrected chi connectivity index (χ0v) is 4.80. The van der Waals surface area contributed by atoms with Crippen LogP contribution in [0.4, 0.5) is 4.53 Å². The van der Waals surface area contributed by atoms with Gasteiger partial charge >= 0.3 is 26.7 Å². The zero-order chi connectivity index (χ0) is 5.21. The van der Waals surface area contributed by atoms with Gasteiger partial charge in [0.05, 0.1) is 0 Å². The summed E-state index contributed by atoms with van der Waals surface area (Å²) in [5.74, 6) is 0. The number of phosphoric acid groups is 1. The van der Waals surface area contributed by atoms with E-state index in [2.05, 4.69) is 4.73 Å². The first-order valence-corrected chi connectivity index (χ1v) is 2.45. The van der Waals surface area contributed by atoms with Crippen LogP contribution in [0.1, 0.15) is 0 Å². The molecule has 0 atom stereocenters. The average Bonchev–Trinajstić information content (AvgIpc) is 1.35. The zero-order valence-electron chi connectivity index (χ0n) is 2.87. The molecule has 0 aliphatic carbocycles. The Kier molecular flexibility index (Phi) is 12.6. The second-order valence-electron chi connectivity index (χ2n) is 0.560. The maximum absolute atomic E-state index is 10.2. The Morgan fingerprint density at radius 3 is 1.62 bits per heavy atom. The molecule has 0 unspecified atom stereocenters. The van der Waals surface area contributed by atoms with E-state index in [9.17, 15) is 4.53 Å². The van der Waals surface area contributed by atoms with Crippen LogP contribution in [0.5, 0.6) is 0 Å². The van der Waals surface area contributed by atoms with Crippen LogP contribution in [-0.4, -0.2) is 28.6 Å². The fourth-order valence-electron chi connectivity index (χ4n) is 0. The van der Waals surface area contributed by atoms with E-state index in [1.165, 1.54) is 0 Å². The Morgan fingerprint density at radius 1 is 1.50 bits per heavy atom. The minimum absolute atomic E-state index is 0. The molecule has 1 radical (unpaired) electrons. The first kappa shape index (κ1) is 16.1. The van der Waals surface area contributed by atoms with E-state index in [1.54, 1.807) is 0 Å². The molecule has 0 saturated heterocycles. The van der Waals surface area contributed by atoms with Gasteiger partial charge in [-0.25, -0.2) is 4.57 Å². The van der Waals surface area contributed by atoms with Crippen molar-refractivity contribution in [1.82, 2.24) is 0 Å². The van der Waals surface area contributed by atoms with Gasteiger partial charge in [0.15, 0.2) is 0 Å². The van der Waals surface area contributed by atoms with Crippen molar-refractivity contribution in [3.8, 4) is 0 Å². The molecule has 0 aliphatic rings. The van der Waals surface area contributed by atoms with Crippen LogP contribution >= 0.6 is 7.82 Å². The normalized spacial score (nSPS) is 8.88. The molecule has 0 saturated carbocycles. The van der Waals surface area contributed by atoms with Crippen molar-refractivity contribution < 1.29 is 40.4 Å². The van der Waals surface area contributed by atoms with Crippen LogP contribution in [0.3, 0.4) is 0 Å². The fraction of sp³-hybridized carbons (Fsp3) is 0. The molecule has 0 aromatic carbocycles. The molecular formula is H3CoFLiO4P. The number of halogens is 1. The van der Waals surface area contributed by atoms with Crippen molar-refractivity contribution in [1.29, 1.82) is 0 Å². The van der Waals surface area contributed by atoms with Crippen LogP contribution in [0.2, 0.25) is 0 Å². The van der Waals surface area contributed by atoms with Gasteiger partial charge in [0, 0.05) is 16.8 Å². The minimum atomic E-state index is -4.81. The quantitative estimate of drug-likeness (QED) is 0.417. The third-order valence-corrected chi connectivity index (χ3v) is 0.270. The molecule has 49 valence electrons. The summed E-state index contributed by atoms with van der Waals surface area (Å²) in [7, 11) is -4.81. The Hall–Kier alpha value is 1.14. The van der Waals surface area contributed by atoms with E-state index < -0.39 is 7.82 Å². The fourth-order valence-corrected chi connectivity index (χ4v) is 0. The molecule has 0 rings (SSSR count). The van der Waals surface area contributed by atoms with Gasteiger partial charge in [-0.2, -0.15) is 0 Å². The molecule has 0 aromatic heterocycles. The van der Waals surface area contributed by atoms with E-state index >= 15 is 0 Å². The Labute approximate surface area is 67.3 Å². The standard InChI is InChI=1S/Co.FH2O4P.Li.H/c;1-5-6(2,3)4;;/h;(H2,2,3,4);;. The third-order valence-electron chi connectivity index (χ3n) is 0.0899. The number of hydrogen-bond donors (Lipinski definition) is 2. The first-order chi connectivity index (χ1) is 2.56. The predicted molar refractivity (Wildman–Crippen MR) is 21.4 cm³/mol. The Morgan fingerprint density at radius 2 is 1.62 bits per heavy atom. The van der Waals surface area contributed by atoms with Gasteiger partial charge in [-0.1, -0.05) is 4.73 Å².